The normalized spacial score (nSPS) is 11.6. The minimum atomic E-state index is -1.08. The Labute approximate surface area is 99.3 Å². The minimum absolute atomic E-state index is 0.635. The van der Waals surface area contributed by atoms with Crippen LogP contribution in [0.25, 0.3) is 0 Å². The quantitative estimate of drug-likeness (QED) is 0.360. The number of aliphatic hydroxyl groups is 2. The molecule has 0 aromatic carbocycles. The number of aliphatic hydroxyl groups excluding tert-OH is 2. The van der Waals surface area contributed by atoms with Crippen molar-refractivity contribution in [2.24, 2.45) is 0 Å². The molecular formula is C10H16O7. The molecule has 0 fully saturated rings. The van der Waals surface area contributed by atoms with Crippen LogP contribution in [0.5, 0.6) is 0 Å². The molecule has 0 radical (unpaired) electrons. The van der Waals surface area contributed by atoms with Crippen LogP contribution < -0.4 is 0 Å². The zero-order valence-electron chi connectivity index (χ0n) is 10.1. The van der Waals surface area contributed by atoms with E-state index in [-0.39, 0.29) is 0 Å². The van der Waals surface area contributed by atoms with Crippen molar-refractivity contribution in [3.05, 3.63) is 0 Å². The van der Waals surface area contributed by atoms with Crippen molar-refractivity contribution in [1.29, 1.82) is 0 Å². The van der Waals surface area contributed by atoms with Gasteiger partial charge in [0, 0.05) is 0 Å². The Kier molecular flexibility index (Phi) is 11.1. The monoisotopic (exact) mass is 248 g/mol. The summed E-state index contributed by atoms with van der Waals surface area (Å²) in [6, 6.07) is 0. The van der Waals surface area contributed by atoms with Crippen molar-refractivity contribution in [3.63, 3.8) is 0 Å². The first-order valence-corrected chi connectivity index (χ1v) is 4.54. The van der Waals surface area contributed by atoms with E-state index >= 15 is 0 Å². The van der Waals surface area contributed by atoms with Crippen LogP contribution in [-0.4, -0.2) is 49.0 Å². The lowest BCUT2D eigenvalue weighted by atomic mass is 10.3. The molecular weight excluding hydrogens is 232 g/mol. The SMILES string of the molecule is CC(O)C#CC(C)O.COC(=O)OC(=O)OC. The number of methoxy groups -OCH3 is 2. The third kappa shape index (κ3) is 16.9. The Balaban J connectivity index is 0. The lowest BCUT2D eigenvalue weighted by molar-refractivity contribution is 0.0568. The average Bonchev–Trinajstić information content (AvgIpc) is 2.26. The first kappa shape index (κ1) is 17.6. The lowest BCUT2D eigenvalue weighted by Gasteiger charge is -1.96. The van der Waals surface area contributed by atoms with E-state index in [1.807, 2.05) is 0 Å². The van der Waals surface area contributed by atoms with Crippen LogP contribution in [0.3, 0.4) is 0 Å². The predicted octanol–water partition coefficient (Wildman–Crippen LogP) is 0.287. The number of rotatable bonds is 0. The van der Waals surface area contributed by atoms with Gasteiger partial charge in [-0.3, -0.25) is 0 Å². The zero-order chi connectivity index (χ0) is 13.8. The van der Waals surface area contributed by atoms with Crippen LogP contribution in [0, 0.1) is 11.8 Å². The van der Waals surface area contributed by atoms with E-state index in [1.54, 1.807) is 13.8 Å². The molecule has 7 nitrogen and oxygen atoms in total. The Morgan fingerprint density at radius 2 is 1.24 bits per heavy atom. The Morgan fingerprint density at radius 3 is 1.41 bits per heavy atom. The van der Waals surface area contributed by atoms with Gasteiger partial charge in [0.2, 0.25) is 0 Å². The van der Waals surface area contributed by atoms with E-state index in [4.69, 9.17) is 10.2 Å². The molecule has 2 unspecified atom stereocenters. The minimum Gasteiger partial charge on any atom is -0.437 e. The van der Waals surface area contributed by atoms with E-state index in [2.05, 4.69) is 26.1 Å². The van der Waals surface area contributed by atoms with Crippen LogP contribution in [0.2, 0.25) is 0 Å². The summed E-state index contributed by atoms with van der Waals surface area (Å²) in [4.78, 5) is 20.1. The van der Waals surface area contributed by atoms with Crippen LogP contribution >= 0.6 is 0 Å². The molecule has 0 aliphatic carbocycles. The van der Waals surface area contributed by atoms with E-state index in [0.29, 0.717) is 0 Å². The molecule has 0 saturated heterocycles. The number of carbonyl (C=O) groups is 2. The van der Waals surface area contributed by atoms with Gasteiger partial charge >= 0.3 is 12.3 Å². The summed E-state index contributed by atoms with van der Waals surface area (Å²) in [6.07, 6.45) is -3.43. The summed E-state index contributed by atoms with van der Waals surface area (Å²) in [6.45, 7) is 3.10. The summed E-state index contributed by atoms with van der Waals surface area (Å²) in [7, 11) is 2.18. The lowest BCUT2D eigenvalue weighted by Crippen LogP contribution is -2.11. The average molecular weight is 248 g/mol. The molecule has 0 amide bonds. The maximum absolute atomic E-state index is 10.0. The maximum atomic E-state index is 10.0. The molecule has 0 spiro atoms. The second-order valence-corrected chi connectivity index (χ2v) is 2.65. The van der Waals surface area contributed by atoms with Gasteiger partial charge in [0.15, 0.2) is 0 Å². The van der Waals surface area contributed by atoms with Crippen molar-refractivity contribution < 1.29 is 34.0 Å². The number of ether oxygens (including phenoxy) is 3. The fourth-order valence-corrected chi connectivity index (χ4v) is 0.393. The summed E-state index contributed by atoms with van der Waals surface area (Å²) in [5, 5.41) is 17.0. The first-order valence-electron chi connectivity index (χ1n) is 4.54. The molecule has 17 heavy (non-hydrogen) atoms. The first-order chi connectivity index (χ1) is 7.83. The summed E-state index contributed by atoms with van der Waals surface area (Å²) in [5.74, 6) is 4.80. The van der Waals surface area contributed by atoms with Gasteiger partial charge in [-0.05, 0) is 13.8 Å². The predicted molar refractivity (Wildman–Crippen MR) is 57.0 cm³/mol. The third-order valence-electron chi connectivity index (χ3n) is 1.00. The fourth-order valence-electron chi connectivity index (χ4n) is 0.393. The highest BCUT2D eigenvalue weighted by molar-refractivity contribution is 5.76. The van der Waals surface area contributed by atoms with E-state index in [1.165, 1.54) is 0 Å². The highest BCUT2D eigenvalue weighted by Crippen LogP contribution is 1.85. The second kappa shape index (κ2) is 10.7. The molecule has 0 aliphatic heterocycles. The Bertz CT molecular complexity index is 259. The Morgan fingerprint density at radius 1 is 0.941 bits per heavy atom. The van der Waals surface area contributed by atoms with Crippen molar-refractivity contribution >= 4 is 12.3 Å². The van der Waals surface area contributed by atoms with E-state index in [9.17, 15) is 9.59 Å². The van der Waals surface area contributed by atoms with Crippen molar-refractivity contribution in [1.82, 2.24) is 0 Å². The van der Waals surface area contributed by atoms with Gasteiger partial charge in [-0.25, -0.2) is 9.59 Å². The molecule has 0 bridgehead atoms. The van der Waals surface area contributed by atoms with Crippen LogP contribution in [0.15, 0.2) is 0 Å². The Hall–Kier alpha value is -1.78. The largest absolute Gasteiger partial charge is 0.518 e. The molecule has 0 saturated carbocycles. The standard InChI is InChI=1S/C6H10O2.C4H6O5/c1-5(7)3-4-6(2)8;1-7-3(5)9-4(6)8-2/h5-8H,1-2H3;1-2H3. The second-order valence-electron chi connectivity index (χ2n) is 2.65. The molecule has 98 valence electrons. The summed E-state index contributed by atoms with van der Waals surface area (Å²) >= 11 is 0. The molecule has 0 heterocycles. The van der Waals surface area contributed by atoms with E-state index in [0.717, 1.165) is 14.2 Å². The van der Waals surface area contributed by atoms with Crippen molar-refractivity contribution in [2.45, 2.75) is 26.1 Å². The number of carbonyl (C=O) groups excluding carboxylic acids is 2. The van der Waals surface area contributed by atoms with Gasteiger partial charge in [0.25, 0.3) is 0 Å². The molecule has 0 rings (SSSR count). The number of hydrogen-bond donors (Lipinski definition) is 2. The summed E-state index contributed by atoms with van der Waals surface area (Å²) < 4.78 is 11.7. The topological polar surface area (TPSA) is 102 Å². The fraction of sp³-hybridized carbons (Fsp3) is 0.600. The van der Waals surface area contributed by atoms with Gasteiger partial charge in [-0.1, -0.05) is 11.8 Å². The van der Waals surface area contributed by atoms with Gasteiger partial charge in [-0.15, -0.1) is 0 Å². The van der Waals surface area contributed by atoms with Crippen LogP contribution in [0.1, 0.15) is 13.8 Å². The van der Waals surface area contributed by atoms with Crippen LogP contribution in [0.4, 0.5) is 9.59 Å². The smallest absolute Gasteiger partial charge is 0.437 e. The molecule has 7 heteroatoms. The zero-order valence-corrected chi connectivity index (χ0v) is 10.1. The summed E-state index contributed by atoms with van der Waals surface area (Å²) in [5.41, 5.74) is 0. The van der Waals surface area contributed by atoms with E-state index < -0.39 is 24.5 Å². The molecule has 0 aromatic rings. The van der Waals surface area contributed by atoms with Gasteiger partial charge < -0.3 is 24.4 Å². The maximum Gasteiger partial charge on any atom is 0.518 e. The van der Waals surface area contributed by atoms with Crippen molar-refractivity contribution in [2.75, 3.05) is 14.2 Å². The van der Waals surface area contributed by atoms with Gasteiger partial charge in [0.05, 0.1) is 14.2 Å². The number of hydrogen-bond acceptors (Lipinski definition) is 7. The third-order valence-corrected chi connectivity index (χ3v) is 1.00. The van der Waals surface area contributed by atoms with Gasteiger partial charge in [0.1, 0.15) is 12.2 Å². The highest BCUT2D eigenvalue weighted by atomic mass is 16.8. The van der Waals surface area contributed by atoms with Gasteiger partial charge in [-0.2, -0.15) is 0 Å². The molecule has 2 atom stereocenters. The highest BCUT2D eigenvalue weighted by Gasteiger charge is 2.07. The molecule has 2 N–H and O–H groups in total. The molecule has 0 aliphatic rings. The molecule has 0 aromatic heterocycles. The van der Waals surface area contributed by atoms with Crippen LogP contribution in [-0.2, 0) is 14.2 Å². The van der Waals surface area contributed by atoms with Crippen molar-refractivity contribution in [3.8, 4) is 11.8 Å².